The first-order valence-electron chi connectivity index (χ1n) is 9.47. The Morgan fingerprint density at radius 1 is 1.10 bits per heavy atom. The van der Waals surface area contributed by atoms with Gasteiger partial charge in [0.15, 0.2) is 0 Å². The zero-order valence-corrected chi connectivity index (χ0v) is 18.2. The third-order valence-corrected chi connectivity index (χ3v) is 8.12. The second kappa shape index (κ2) is 8.45. The first kappa shape index (κ1) is 21.8. The van der Waals surface area contributed by atoms with E-state index in [1.54, 1.807) is 32.9 Å². The van der Waals surface area contributed by atoms with Crippen molar-refractivity contribution in [1.82, 2.24) is 14.9 Å². The van der Waals surface area contributed by atoms with Crippen LogP contribution in [0.2, 0.25) is 0 Å². The quantitative estimate of drug-likeness (QED) is 0.740. The number of carbonyl (C=O) groups excluding carboxylic acids is 1. The summed E-state index contributed by atoms with van der Waals surface area (Å²) in [5, 5.41) is 11.8. The highest BCUT2D eigenvalue weighted by Gasteiger charge is 2.34. The topological polar surface area (TPSA) is 101 Å². The Balaban J connectivity index is 1.53. The number of nitrogens with one attached hydrogen (secondary N) is 2. The lowest BCUT2D eigenvalue weighted by Gasteiger charge is -2.30. The molecule has 10 heteroatoms. The molecule has 0 radical (unpaired) electrons. The van der Waals surface area contributed by atoms with Crippen LogP contribution in [0.5, 0.6) is 0 Å². The molecule has 1 aromatic carbocycles. The van der Waals surface area contributed by atoms with Gasteiger partial charge < -0.3 is 5.32 Å². The van der Waals surface area contributed by atoms with Crippen molar-refractivity contribution in [3.8, 4) is 10.6 Å². The zero-order valence-electron chi connectivity index (χ0n) is 16.6. The number of anilines is 1. The smallest absolute Gasteiger partial charge is 0.229 e. The minimum atomic E-state index is -3.40. The summed E-state index contributed by atoms with van der Waals surface area (Å²) in [6.07, 6.45) is 2.44. The van der Waals surface area contributed by atoms with Gasteiger partial charge in [0.05, 0.1) is 4.75 Å². The minimum Gasteiger partial charge on any atom is -0.300 e. The monoisotopic (exact) mass is 440 g/mol. The highest BCUT2D eigenvalue weighted by atomic mass is 32.2. The van der Waals surface area contributed by atoms with Crippen LogP contribution in [-0.2, 0) is 14.8 Å². The first-order chi connectivity index (χ1) is 13.5. The van der Waals surface area contributed by atoms with Crippen molar-refractivity contribution < 1.29 is 17.6 Å². The van der Waals surface area contributed by atoms with E-state index in [2.05, 4.69) is 20.2 Å². The molecule has 2 N–H and O–H groups in total. The van der Waals surface area contributed by atoms with Crippen LogP contribution in [0.25, 0.3) is 10.6 Å². The summed E-state index contributed by atoms with van der Waals surface area (Å²) in [5.74, 6) is -0.653. The minimum absolute atomic E-state index is 0.135. The van der Waals surface area contributed by atoms with Crippen LogP contribution in [0, 0.1) is 11.7 Å². The molecule has 158 valence electrons. The number of sulfonamides is 1. The van der Waals surface area contributed by atoms with Crippen molar-refractivity contribution in [2.45, 2.75) is 57.2 Å². The number of hydrogen-bond acceptors (Lipinski definition) is 6. The van der Waals surface area contributed by atoms with Gasteiger partial charge in [0.25, 0.3) is 0 Å². The average molecular weight is 441 g/mol. The summed E-state index contributed by atoms with van der Waals surface area (Å²) in [6.45, 7) is 4.99. The summed E-state index contributed by atoms with van der Waals surface area (Å²) >= 11 is 1.23. The van der Waals surface area contributed by atoms with E-state index in [-0.39, 0.29) is 23.7 Å². The standard InChI is InChI=1S/C19H25FN4O3S2/c1-19(2,3)29(26,27)24-15-10-6-12(7-11-15)16(25)21-18-23-22-17(28-18)13-4-8-14(20)9-5-13/h4-5,8-9,12,15,24H,6-7,10-11H2,1-3H3,(H,21,23,25)/t12-,15-. The van der Waals surface area contributed by atoms with Crippen LogP contribution in [-0.4, -0.2) is 35.3 Å². The average Bonchev–Trinajstić information content (AvgIpc) is 3.10. The van der Waals surface area contributed by atoms with Gasteiger partial charge in [-0.2, -0.15) is 0 Å². The molecule has 29 heavy (non-hydrogen) atoms. The van der Waals surface area contributed by atoms with Gasteiger partial charge in [-0.05, 0) is 70.7 Å². The van der Waals surface area contributed by atoms with Gasteiger partial charge in [0.1, 0.15) is 10.8 Å². The lowest BCUT2D eigenvalue weighted by Crippen LogP contribution is -2.46. The van der Waals surface area contributed by atoms with Crippen molar-refractivity contribution in [1.29, 1.82) is 0 Å². The molecule has 7 nitrogen and oxygen atoms in total. The van der Waals surface area contributed by atoms with Crippen LogP contribution in [0.3, 0.4) is 0 Å². The lowest BCUT2D eigenvalue weighted by atomic mass is 9.86. The molecule has 0 aliphatic heterocycles. The summed E-state index contributed by atoms with van der Waals surface area (Å²) in [7, 11) is -3.40. The van der Waals surface area contributed by atoms with E-state index in [4.69, 9.17) is 0 Å². The molecule has 1 aromatic heterocycles. The highest BCUT2D eigenvalue weighted by molar-refractivity contribution is 7.90. The molecular formula is C19H25FN4O3S2. The van der Waals surface area contributed by atoms with Crippen molar-refractivity contribution >= 4 is 32.4 Å². The van der Waals surface area contributed by atoms with E-state index in [1.807, 2.05) is 0 Å². The fraction of sp³-hybridized carbons (Fsp3) is 0.526. The number of rotatable bonds is 5. The maximum atomic E-state index is 13.0. The van der Waals surface area contributed by atoms with Crippen LogP contribution in [0.4, 0.5) is 9.52 Å². The molecule has 1 fully saturated rings. The molecule has 1 aliphatic carbocycles. The van der Waals surface area contributed by atoms with Gasteiger partial charge in [-0.3, -0.25) is 4.79 Å². The van der Waals surface area contributed by atoms with E-state index in [0.29, 0.717) is 35.8 Å². The fourth-order valence-corrected chi connectivity index (χ4v) is 4.84. The fourth-order valence-electron chi connectivity index (χ4n) is 3.06. The molecule has 1 heterocycles. The molecule has 1 aliphatic rings. The van der Waals surface area contributed by atoms with Crippen molar-refractivity contribution in [3.63, 3.8) is 0 Å². The second-order valence-corrected chi connectivity index (χ2v) is 11.6. The van der Waals surface area contributed by atoms with Crippen molar-refractivity contribution in [3.05, 3.63) is 30.1 Å². The van der Waals surface area contributed by atoms with Crippen LogP contribution in [0.1, 0.15) is 46.5 Å². The van der Waals surface area contributed by atoms with E-state index in [0.717, 1.165) is 5.56 Å². The SMILES string of the molecule is CC(C)(C)S(=O)(=O)N[C@H]1CC[C@H](C(=O)Nc2nnc(-c3ccc(F)cc3)s2)CC1. The molecule has 0 atom stereocenters. The Kier molecular flexibility index (Phi) is 6.35. The maximum Gasteiger partial charge on any atom is 0.229 e. The normalized spacial score (nSPS) is 20.4. The van der Waals surface area contributed by atoms with Gasteiger partial charge >= 0.3 is 0 Å². The van der Waals surface area contributed by atoms with Gasteiger partial charge in [0, 0.05) is 17.5 Å². The Morgan fingerprint density at radius 2 is 1.72 bits per heavy atom. The molecule has 1 amide bonds. The number of aromatic nitrogens is 2. The van der Waals surface area contributed by atoms with E-state index < -0.39 is 14.8 Å². The molecule has 0 spiro atoms. The van der Waals surface area contributed by atoms with Crippen LogP contribution >= 0.6 is 11.3 Å². The number of hydrogen-bond donors (Lipinski definition) is 2. The third-order valence-electron chi connectivity index (χ3n) is 4.97. The molecule has 3 rings (SSSR count). The van der Waals surface area contributed by atoms with Gasteiger partial charge in [-0.15, -0.1) is 10.2 Å². The molecule has 0 saturated heterocycles. The van der Waals surface area contributed by atoms with Crippen molar-refractivity contribution in [2.75, 3.05) is 5.32 Å². The molecule has 0 unspecified atom stereocenters. The van der Waals surface area contributed by atoms with Crippen molar-refractivity contribution in [2.24, 2.45) is 5.92 Å². The first-order valence-corrected chi connectivity index (χ1v) is 11.8. The summed E-state index contributed by atoms with van der Waals surface area (Å²) < 4.78 is 39.5. The zero-order chi connectivity index (χ0) is 21.2. The van der Waals surface area contributed by atoms with Gasteiger partial charge in [-0.25, -0.2) is 17.5 Å². The lowest BCUT2D eigenvalue weighted by molar-refractivity contribution is -0.120. The number of halogens is 1. The summed E-state index contributed by atoms with van der Waals surface area (Å²) in [6, 6.07) is 5.78. The number of carbonyl (C=O) groups is 1. The molecule has 0 bridgehead atoms. The van der Waals surface area contributed by atoms with E-state index >= 15 is 0 Å². The third kappa shape index (κ3) is 5.37. The molecule has 1 saturated carbocycles. The second-order valence-electron chi connectivity index (χ2n) is 8.19. The highest BCUT2D eigenvalue weighted by Crippen LogP contribution is 2.30. The summed E-state index contributed by atoms with van der Waals surface area (Å²) in [5.41, 5.74) is 0.732. The molecule has 2 aromatic rings. The Hall–Kier alpha value is -1.91. The van der Waals surface area contributed by atoms with E-state index in [1.165, 1.54) is 23.5 Å². The Morgan fingerprint density at radius 3 is 2.31 bits per heavy atom. The number of nitrogens with zero attached hydrogens (tertiary/aromatic N) is 2. The Labute approximate surface area is 174 Å². The molecular weight excluding hydrogens is 415 g/mol. The maximum absolute atomic E-state index is 13.0. The summed E-state index contributed by atoms with van der Waals surface area (Å²) in [4.78, 5) is 12.5. The largest absolute Gasteiger partial charge is 0.300 e. The predicted octanol–water partition coefficient (Wildman–Crippen LogP) is 3.56. The van der Waals surface area contributed by atoms with E-state index in [9.17, 15) is 17.6 Å². The van der Waals surface area contributed by atoms with Gasteiger partial charge in [-0.1, -0.05) is 11.3 Å². The predicted molar refractivity (Wildman–Crippen MR) is 111 cm³/mol. The van der Waals surface area contributed by atoms with Gasteiger partial charge in [0.2, 0.25) is 21.1 Å². The number of benzene rings is 1. The Bertz CT molecular complexity index is 960. The van der Waals surface area contributed by atoms with Crippen LogP contribution < -0.4 is 10.0 Å². The van der Waals surface area contributed by atoms with Crippen LogP contribution in [0.15, 0.2) is 24.3 Å². The number of amides is 1.